The summed E-state index contributed by atoms with van der Waals surface area (Å²) in [6, 6.07) is 10.3. The summed E-state index contributed by atoms with van der Waals surface area (Å²) in [6.45, 7) is 4.67. The third-order valence-electron chi connectivity index (χ3n) is 5.23. The van der Waals surface area contributed by atoms with Crippen LogP contribution >= 0.6 is 11.3 Å². The summed E-state index contributed by atoms with van der Waals surface area (Å²) in [4.78, 5) is 14.1. The zero-order valence-corrected chi connectivity index (χ0v) is 15.5. The number of carbonyl (C=O) groups excluding carboxylic acids is 1. The van der Waals surface area contributed by atoms with Crippen molar-refractivity contribution in [3.05, 3.63) is 70.4 Å². The van der Waals surface area contributed by atoms with Gasteiger partial charge in [0.1, 0.15) is 5.82 Å². The van der Waals surface area contributed by atoms with Crippen LogP contribution in [0.1, 0.15) is 30.7 Å². The Balaban J connectivity index is 1.47. The Morgan fingerprint density at radius 2 is 2.15 bits per heavy atom. The van der Waals surface area contributed by atoms with E-state index in [-0.39, 0.29) is 17.1 Å². The number of benzene rings is 1. The van der Waals surface area contributed by atoms with Gasteiger partial charge in [-0.3, -0.25) is 4.79 Å². The topological polar surface area (TPSA) is 46.9 Å². The van der Waals surface area contributed by atoms with Crippen LogP contribution in [0.4, 0.5) is 4.39 Å². The van der Waals surface area contributed by atoms with E-state index in [9.17, 15) is 9.18 Å². The van der Waals surface area contributed by atoms with Crippen molar-refractivity contribution in [1.82, 2.24) is 15.1 Å². The highest BCUT2D eigenvalue weighted by Gasteiger charge is 2.67. The van der Waals surface area contributed by atoms with E-state index in [0.717, 1.165) is 16.9 Å². The summed E-state index contributed by atoms with van der Waals surface area (Å²) in [6.07, 6.45) is 4.36. The minimum absolute atomic E-state index is 0.0340. The van der Waals surface area contributed by atoms with Gasteiger partial charge in [-0.25, -0.2) is 9.07 Å². The van der Waals surface area contributed by atoms with Crippen LogP contribution < -0.4 is 5.32 Å². The number of hydrogen-bond acceptors (Lipinski definition) is 3. The highest BCUT2D eigenvalue weighted by molar-refractivity contribution is 7.10. The van der Waals surface area contributed by atoms with E-state index in [4.69, 9.17) is 0 Å². The third kappa shape index (κ3) is 2.74. The first kappa shape index (κ1) is 17.0. The summed E-state index contributed by atoms with van der Waals surface area (Å²) < 4.78 is 15.0. The first-order chi connectivity index (χ1) is 12.4. The largest absolute Gasteiger partial charge is 0.351 e. The number of nitrogens with one attached hydrogen (secondary N) is 1. The van der Waals surface area contributed by atoms with Gasteiger partial charge in [-0.2, -0.15) is 5.10 Å². The van der Waals surface area contributed by atoms with E-state index in [2.05, 4.69) is 24.3 Å². The molecule has 1 atom stereocenters. The number of nitrogens with zero attached hydrogens (tertiary/aromatic N) is 2. The molecule has 0 spiro atoms. The van der Waals surface area contributed by atoms with Crippen LogP contribution in [0.2, 0.25) is 0 Å². The number of thiophene rings is 1. The molecule has 1 unspecified atom stereocenters. The fourth-order valence-electron chi connectivity index (χ4n) is 3.60. The maximum atomic E-state index is 13.4. The van der Waals surface area contributed by atoms with Gasteiger partial charge in [0.25, 0.3) is 0 Å². The van der Waals surface area contributed by atoms with Gasteiger partial charge in [0.05, 0.1) is 17.3 Å². The molecule has 0 saturated heterocycles. The van der Waals surface area contributed by atoms with Crippen LogP contribution in [0.5, 0.6) is 0 Å². The van der Waals surface area contributed by atoms with Crippen LogP contribution in [0.3, 0.4) is 0 Å². The minimum atomic E-state index is -0.431. The first-order valence-corrected chi connectivity index (χ1v) is 9.42. The minimum Gasteiger partial charge on any atom is -0.351 e. The van der Waals surface area contributed by atoms with Crippen molar-refractivity contribution in [3.63, 3.8) is 0 Å². The van der Waals surface area contributed by atoms with Crippen molar-refractivity contribution in [2.75, 3.05) is 0 Å². The Kier molecular flexibility index (Phi) is 3.95. The van der Waals surface area contributed by atoms with E-state index in [0.29, 0.717) is 12.2 Å². The Morgan fingerprint density at radius 3 is 2.81 bits per heavy atom. The summed E-state index contributed by atoms with van der Waals surface area (Å²) in [5.74, 6) is -0.245. The smallest absolute Gasteiger partial charge is 0.232 e. The van der Waals surface area contributed by atoms with Crippen molar-refractivity contribution < 1.29 is 9.18 Å². The van der Waals surface area contributed by atoms with E-state index in [1.807, 2.05) is 23.7 Å². The SMILES string of the molecule is CC1(C)CC1(C(=O)NCc1cnn(-c2cccc(F)c2)c1)c1cccs1. The predicted octanol–water partition coefficient (Wildman–Crippen LogP) is 4.06. The van der Waals surface area contributed by atoms with Crippen molar-refractivity contribution >= 4 is 17.2 Å². The highest BCUT2D eigenvalue weighted by Crippen LogP contribution is 2.65. The van der Waals surface area contributed by atoms with Crippen molar-refractivity contribution in [1.29, 1.82) is 0 Å². The second-order valence-electron chi connectivity index (χ2n) is 7.40. The number of hydrogen-bond donors (Lipinski definition) is 1. The van der Waals surface area contributed by atoms with Gasteiger partial charge in [-0.05, 0) is 41.5 Å². The molecule has 1 N–H and O–H groups in total. The van der Waals surface area contributed by atoms with Gasteiger partial charge in [-0.1, -0.05) is 26.0 Å². The number of rotatable bonds is 5. The van der Waals surface area contributed by atoms with Crippen LogP contribution in [-0.4, -0.2) is 15.7 Å². The molecule has 1 aliphatic rings. The predicted molar refractivity (Wildman–Crippen MR) is 99.8 cm³/mol. The van der Waals surface area contributed by atoms with Gasteiger partial charge < -0.3 is 5.32 Å². The lowest BCUT2D eigenvalue weighted by Gasteiger charge is -2.18. The fourth-order valence-corrected chi connectivity index (χ4v) is 4.71. The van der Waals surface area contributed by atoms with Crippen LogP contribution in [0, 0.1) is 11.2 Å². The molecule has 0 bridgehead atoms. The molecule has 3 aromatic rings. The summed E-state index contributed by atoms with van der Waals surface area (Å²) in [5.41, 5.74) is 1.07. The highest BCUT2D eigenvalue weighted by atomic mass is 32.1. The molecule has 4 rings (SSSR count). The quantitative estimate of drug-likeness (QED) is 0.737. The Labute approximate surface area is 155 Å². The molecule has 0 radical (unpaired) electrons. The number of amides is 1. The maximum absolute atomic E-state index is 13.4. The second kappa shape index (κ2) is 6.06. The molecule has 1 aliphatic carbocycles. The lowest BCUT2D eigenvalue weighted by Crippen LogP contribution is -2.36. The Hall–Kier alpha value is -2.47. The monoisotopic (exact) mass is 369 g/mol. The third-order valence-corrected chi connectivity index (χ3v) is 6.26. The molecular formula is C20H20FN3OS. The average molecular weight is 369 g/mol. The molecule has 134 valence electrons. The lowest BCUT2D eigenvalue weighted by molar-refractivity contribution is -0.124. The van der Waals surface area contributed by atoms with Crippen LogP contribution in [-0.2, 0) is 16.8 Å². The molecule has 4 nitrogen and oxygen atoms in total. The molecule has 1 amide bonds. The molecule has 0 aliphatic heterocycles. The maximum Gasteiger partial charge on any atom is 0.232 e. The summed E-state index contributed by atoms with van der Waals surface area (Å²) >= 11 is 1.63. The average Bonchev–Trinajstić information content (AvgIpc) is 3.06. The molecule has 2 heterocycles. The van der Waals surface area contributed by atoms with Crippen molar-refractivity contribution in [3.8, 4) is 5.69 Å². The van der Waals surface area contributed by atoms with Crippen LogP contribution in [0.25, 0.3) is 5.69 Å². The summed E-state index contributed by atoms with van der Waals surface area (Å²) in [7, 11) is 0. The van der Waals surface area contributed by atoms with E-state index < -0.39 is 5.41 Å². The van der Waals surface area contributed by atoms with E-state index >= 15 is 0 Å². The second-order valence-corrected chi connectivity index (χ2v) is 8.35. The standard InChI is InChI=1S/C20H20FN3OS/c1-19(2)13-20(19,17-7-4-8-26-17)18(25)22-10-14-11-23-24(12-14)16-6-3-5-15(21)9-16/h3-9,11-12H,10,13H2,1-2H3,(H,22,25). The first-order valence-electron chi connectivity index (χ1n) is 8.54. The zero-order chi connectivity index (χ0) is 18.4. The number of aromatic nitrogens is 2. The number of halogens is 1. The molecule has 6 heteroatoms. The molecular weight excluding hydrogens is 349 g/mol. The molecule has 2 aromatic heterocycles. The van der Waals surface area contributed by atoms with Gasteiger partial charge >= 0.3 is 0 Å². The van der Waals surface area contributed by atoms with Gasteiger partial charge in [-0.15, -0.1) is 11.3 Å². The Morgan fingerprint density at radius 1 is 1.35 bits per heavy atom. The number of carbonyl (C=O) groups is 1. The van der Waals surface area contributed by atoms with E-state index in [1.165, 1.54) is 12.1 Å². The molecule has 1 fully saturated rings. The molecule has 1 saturated carbocycles. The zero-order valence-electron chi connectivity index (χ0n) is 14.7. The molecule has 1 aromatic carbocycles. The van der Waals surface area contributed by atoms with Crippen molar-refractivity contribution in [2.45, 2.75) is 32.2 Å². The molecule has 26 heavy (non-hydrogen) atoms. The van der Waals surface area contributed by atoms with Gasteiger partial charge in [0, 0.05) is 23.2 Å². The normalized spacial score (nSPS) is 20.7. The summed E-state index contributed by atoms with van der Waals surface area (Å²) in [5, 5.41) is 9.34. The van der Waals surface area contributed by atoms with E-state index in [1.54, 1.807) is 34.3 Å². The van der Waals surface area contributed by atoms with Gasteiger partial charge in [0.2, 0.25) is 5.91 Å². The van der Waals surface area contributed by atoms with Crippen LogP contribution in [0.15, 0.2) is 54.2 Å². The lowest BCUT2D eigenvalue weighted by atomic mass is 9.93. The Bertz CT molecular complexity index is 948. The van der Waals surface area contributed by atoms with Crippen molar-refractivity contribution in [2.24, 2.45) is 5.41 Å². The van der Waals surface area contributed by atoms with Gasteiger partial charge in [0.15, 0.2) is 0 Å². The fraction of sp³-hybridized carbons (Fsp3) is 0.300.